The van der Waals surface area contributed by atoms with Gasteiger partial charge in [0.25, 0.3) is 0 Å². The first-order chi connectivity index (χ1) is 9.70. The zero-order valence-corrected chi connectivity index (χ0v) is 13.2. The number of likely N-dealkylation sites (N-methyl/N-ethyl adjacent to an activating group) is 1. The minimum absolute atomic E-state index is 0.0866. The number of anilines is 1. The van der Waals surface area contributed by atoms with Crippen molar-refractivity contribution < 1.29 is 4.79 Å². The molecule has 0 saturated heterocycles. The fraction of sp³-hybridized carbons (Fsp3) is 0.562. The highest BCUT2D eigenvalue weighted by Gasteiger charge is 2.21. The normalized spacial score (nSPS) is 15.8. The molecule has 4 heteroatoms. The maximum Gasteiger partial charge on any atom is 0.238 e. The van der Waals surface area contributed by atoms with Crippen molar-refractivity contribution in [2.24, 2.45) is 0 Å². The van der Waals surface area contributed by atoms with Gasteiger partial charge in [0.1, 0.15) is 0 Å². The van der Waals surface area contributed by atoms with E-state index >= 15 is 0 Å². The number of amides is 1. The predicted molar refractivity (Wildman–Crippen MR) is 86.4 cm³/mol. The summed E-state index contributed by atoms with van der Waals surface area (Å²) < 4.78 is 0. The summed E-state index contributed by atoms with van der Waals surface area (Å²) in [5, 5.41) is 3.05. The van der Waals surface area contributed by atoms with E-state index in [1.165, 1.54) is 25.7 Å². The van der Waals surface area contributed by atoms with Gasteiger partial charge in [0.15, 0.2) is 0 Å². The number of hydrogen-bond acceptors (Lipinski definition) is 3. The van der Waals surface area contributed by atoms with Gasteiger partial charge in [0.2, 0.25) is 5.91 Å². The van der Waals surface area contributed by atoms with Crippen molar-refractivity contribution in [2.75, 3.05) is 24.7 Å². The third-order valence-corrected chi connectivity index (χ3v) is 4.76. The van der Waals surface area contributed by atoms with E-state index in [-0.39, 0.29) is 5.91 Å². The Balaban J connectivity index is 1.90. The molecule has 0 radical (unpaired) electrons. The summed E-state index contributed by atoms with van der Waals surface area (Å²) in [5.74, 6) is 1.10. The Morgan fingerprint density at radius 2 is 2.05 bits per heavy atom. The van der Waals surface area contributed by atoms with Crippen LogP contribution in [0, 0.1) is 0 Å². The summed E-state index contributed by atoms with van der Waals surface area (Å²) in [6.07, 6.45) is 5.05. The van der Waals surface area contributed by atoms with E-state index in [2.05, 4.69) is 30.3 Å². The number of nitrogens with zero attached hydrogens (tertiary/aromatic N) is 1. The standard InChI is InChI=1S/C16H24N2OS/c1-3-20-15-11-7-6-10-14(15)17-16(19)12-18(2)13-8-4-5-9-13/h6-7,10-11,13H,3-5,8-9,12H2,1-2H3,(H,17,19). The number of carbonyl (C=O) groups excluding carboxylic acids is 1. The highest BCUT2D eigenvalue weighted by atomic mass is 32.2. The van der Waals surface area contributed by atoms with Crippen LogP contribution < -0.4 is 5.32 Å². The van der Waals surface area contributed by atoms with Crippen LogP contribution in [0.1, 0.15) is 32.6 Å². The van der Waals surface area contributed by atoms with Gasteiger partial charge in [0, 0.05) is 10.9 Å². The molecule has 0 heterocycles. The van der Waals surface area contributed by atoms with Crippen LogP contribution in [-0.4, -0.2) is 36.2 Å². The molecule has 0 bridgehead atoms. The molecule has 1 aliphatic rings. The van der Waals surface area contributed by atoms with Gasteiger partial charge in [0.05, 0.1) is 12.2 Å². The monoisotopic (exact) mass is 292 g/mol. The van der Waals surface area contributed by atoms with Gasteiger partial charge in [-0.15, -0.1) is 11.8 Å². The zero-order valence-electron chi connectivity index (χ0n) is 12.4. The lowest BCUT2D eigenvalue weighted by Crippen LogP contribution is -2.36. The Bertz CT molecular complexity index is 444. The van der Waals surface area contributed by atoms with Gasteiger partial charge < -0.3 is 5.32 Å². The van der Waals surface area contributed by atoms with Crippen molar-refractivity contribution in [3.05, 3.63) is 24.3 Å². The van der Waals surface area contributed by atoms with Crippen LogP contribution in [-0.2, 0) is 4.79 Å². The van der Waals surface area contributed by atoms with Gasteiger partial charge in [-0.2, -0.15) is 0 Å². The molecular weight excluding hydrogens is 268 g/mol. The van der Waals surface area contributed by atoms with E-state index in [0.717, 1.165) is 16.3 Å². The molecule has 0 spiro atoms. The van der Waals surface area contributed by atoms with Gasteiger partial charge >= 0.3 is 0 Å². The molecular formula is C16H24N2OS. The Morgan fingerprint density at radius 3 is 2.75 bits per heavy atom. The molecule has 2 rings (SSSR count). The number of nitrogens with one attached hydrogen (secondary N) is 1. The van der Waals surface area contributed by atoms with Crippen LogP contribution in [0.25, 0.3) is 0 Å². The van der Waals surface area contributed by atoms with Crippen LogP contribution in [0.15, 0.2) is 29.2 Å². The third-order valence-electron chi connectivity index (χ3n) is 3.80. The van der Waals surface area contributed by atoms with Crippen molar-refractivity contribution in [1.29, 1.82) is 0 Å². The minimum atomic E-state index is 0.0866. The van der Waals surface area contributed by atoms with Crippen molar-refractivity contribution >= 4 is 23.4 Å². The van der Waals surface area contributed by atoms with Crippen LogP contribution in [0.3, 0.4) is 0 Å². The van der Waals surface area contributed by atoms with Crippen LogP contribution in [0.4, 0.5) is 5.69 Å². The van der Waals surface area contributed by atoms with E-state index in [9.17, 15) is 4.79 Å². The molecule has 0 aromatic heterocycles. The molecule has 0 aliphatic heterocycles. The summed E-state index contributed by atoms with van der Waals surface area (Å²) in [4.78, 5) is 15.5. The molecule has 1 amide bonds. The maximum absolute atomic E-state index is 12.2. The number of rotatable bonds is 6. The number of benzene rings is 1. The number of para-hydroxylation sites is 1. The van der Waals surface area contributed by atoms with Gasteiger partial charge in [-0.1, -0.05) is 31.9 Å². The quantitative estimate of drug-likeness (QED) is 0.813. The highest BCUT2D eigenvalue weighted by Crippen LogP contribution is 2.27. The largest absolute Gasteiger partial charge is 0.324 e. The molecule has 1 aliphatic carbocycles. The van der Waals surface area contributed by atoms with Crippen molar-refractivity contribution in [3.8, 4) is 0 Å². The molecule has 0 unspecified atom stereocenters. The second kappa shape index (κ2) is 7.70. The Hall–Kier alpha value is -1.00. The second-order valence-corrected chi connectivity index (χ2v) is 6.64. The van der Waals surface area contributed by atoms with Crippen molar-refractivity contribution in [3.63, 3.8) is 0 Å². The second-order valence-electron chi connectivity index (χ2n) is 5.33. The number of thioether (sulfide) groups is 1. The van der Waals surface area contributed by atoms with Gasteiger partial charge in [-0.05, 0) is 37.8 Å². The SMILES string of the molecule is CCSc1ccccc1NC(=O)CN(C)C1CCCC1. The molecule has 1 N–H and O–H groups in total. The van der Waals surface area contributed by atoms with Crippen LogP contribution >= 0.6 is 11.8 Å². The van der Waals surface area contributed by atoms with E-state index in [1.807, 2.05) is 18.2 Å². The smallest absolute Gasteiger partial charge is 0.238 e. The van der Waals surface area contributed by atoms with Gasteiger partial charge in [-0.25, -0.2) is 0 Å². The average Bonchev–Trinajstić information content (AvgIpc) is 2.95. The lowest BCUT2D eigenvalue weighted by molar-refractivity contribution is -0.117. The molecule has 1 saturated carbocycles. The van der Waals surface area contributed by atoms with E-state index in [4.69, 9.17) is 0 Å². The van der Waals surface area contributed by atoms with Crippen molar-refractivity contribution in [2.45, 2.75) is 43.5 Å². The maximum atomic E-state index is 12.2. The topological polar surface area (TPSA) is 32.3 Å². The molecule has 1 aromatic rings. The van der Waals surface area contributed by atoms with Crippen LogP contribution in [0.5, 0.6) is 0 Å². The summed E-state index contributed by atoms with van der Waals surface area (Å²) in [7, 11) is 2.06. The van der Waals surface area contributed by atoms with Gasteiger partial charge in [-0.3, -0.25) is 9.69 Å². The number of hydrogen-bond donors (Lipinski definition) is 1. The lowest BCUT2D eigenvalue weighted by Gasteiger charge is -2.23. The summed E-state index contributed by atoms with van der Waals surface area (Å²) >= 11 is 1.76. The fourth-order valence-corrected chi connectivity index (χ4v) is 3.50. The zero-order chi connectivity index (χ0) is 14.4. The van der Waals surface area contributed by atoms with Crippen LogP contribution in [0.2, 0.25) is 0 Å². The summed E-state index contributed by atoms with van der Waals surface area (Å²) in [6, 6.07) is 8.60. The molecule has 1 fully saturated rings. The minimum Gasteiger partial charge on any atom is -0.324 e. The Morgan fingerprint density at radius 1 is 1.35 bits per heavy atom. The summed E-state index contributed by atoms with van der Waals surface area (Å²) in [6.45, 7) is 2.60. The Labute approximate surface area is 126 Å². The average molecular weight is 292 g/mol. The lowest BCUT2D eigenvalue weighted by atomic mass is 10.2. The molecule has 110 valence electrons. The molecule has 1 aromatic carbocycles. The first-order valence-electron chi connectivity index (χ1n) is 7.42. The Kier molecular flexibility index (Phi) is 5.92. The van der Waals surface area contributed by atoms with E-state index < -0.39 is 0 Å². The molecule has 0 atom stereocenters. The number of carbonyl (C=O) groups is 1. The van der Waals surface area contributed by atoms with E-state index in [1.54, 1.807) is 11.8 Å². The predicted octanol–water partition coefficient (Wildman–Crippen LogP) is 3.61. The first kappa shape index (κ1) is 15.4. The molecule has 3 nitrogen and oxygen atoms in total. The molecule has 20 heavy (non-hydrogen) atoms. The summed E-state index contributed by atoms with van der Waals surface area (Å²) in [5.41, 5.74) is 0.934. The third kappa shape index (κ3) is 4.25. The fourth-order valence-electron chi connectivity index (χ4n) is 2.74. The first-order valence-corrected chi connectivity index (χ1v) is 8.41. The van der Waals surface area contributed by atoms with Crippen molar-refractivity contribution in [1.82, 2.24) is 4.90 Å². The van der Waals surface area contributed by atoms with E-state index in [0.29, 0.717) is 12.6 Å². The highest BCUT2D eigenvalue weighted by molar-refractivity contribution is 7.99.